The number of fused-ring (bicyclic) bond motifs is 1. The number of likely N-dealkylation sites (tertiary alicyclic amines) is 2. The number of benzene rings is 2. The van der Waals surface area contributed by atoms with Crippen LogP contribution in [0.2, 0.25) is 0 Å². The first-order valence-electron chi connectivity index (χ1n) is 11.0. The molecule has 2 fully saturated rings. The number of halogens is 1. The van der Waals surface area contributed by atoms with Crippen LogP contribution >= 0.6 is 11.3 Å². The summed E-state index contributed by atoms with van der Waals surface area (Å²) in [5.41, 5.74) is 3.82. The smallest absolute Gasteiger partial charge is 0.264 e. The predicted molar refractivity (Wildman–Crippen MR) is 123 cm³/mol. The molecular formula is C26H27FN2OS. The second-order valence-electron chi connectivity index (χ2n) is 8.77. The Balaban J connectivity index is 1.41. The van der Waals surface area contributed by atoms with E-state index in [9.17, 15) is 9.18 Å². The van der Waals surface area contributed by atoms with Crippen molar-refractivity contribution in [2.45, 2.75) is 31.8 Å². The number of carbonyl (C=O) groups excluding carboxylic acids is 1. The van der Waals surface area contributed by atoms with Crippen molar-refractivity contribution in [1.82, 2.24) is 9.80 Å². The lowest BCUT2D eigenvalue weighted by Crippen LogP contribution is -2.47. The molecule has 2 aliphatic heterocycles. The average Bonchev–Trinajstić information content (AvgIpc) is 3.44. The highest BCUT2D eigenvalue weighted by molar-refractivity contribution is 7.12. The summed E-state index contributed by atoms with van der Waals surface area (Å²) in [6.07, 6.45) is 0.978. The molecule has 0 radical (unpaired) electrons. The van der Waals surface area contributed by atoms with Crippen molar-refractivity contribution in [3.8, 4) is 0 Å². The fourth-order valence-corrected chi connectivity index (χ4v) is 5.99. The molecule has 5 rings (SSSR count). The molecule has 1 amide bonds. The van der Waals surface area contributed by atoms with Gasteiger partial charge in [-0.15, -0.1) is 11.3 Å². The zero-order valence-corrected chi connectivity index (χ0v) is 18.5. The minimum atomic E-state index is -0.213. The number of aryl methyl sites for hydroxylation is 1. The maximum Gasteiger partial charge on any atom is 0.264 e. The van der Waals surface area contributed by atoms with Gasteiger partial charge in [0, 0.05) is 44.1 Å². The van der Waals surface area contributed by atoms with E-state index >= 15 is 0 Å². The number of rotatable bonds is 4. The zero-order valence-electron chi connectivity index (χ0n) is 17.7. The van der Waals surface area contributed by atoms with Gasteiger partial charge >= 0.3 is 0 Å². The summed E-state index contributed by atoms with van der Waals surface area (Å²) >= 11 is 1.51. The second-order valence-corrected chi connectivity index (χ2v) is 9.72. The lowest BCUT2D eigenvalue weighted by Gasteiger charge is -2.39. The van der Waals surface area contributed by atoms with Crippen LogP contribution in [0.1, 0.15) is 38.7 Å². The molecule has 31 heavy (non-hydrogen) atoms. The first-order valence-corrected chi connectivity index (χ1v) is 11.8. The van der Waals surface area contributed by atoms with Crippen LogP contribution in [0.25, 0.3) is 0 Å². The molecule has 3 heterocycles. The van der Waals surface area contributed by atoms with E-state index in [1.54, 1.807) is 12.1 Å². The third-order valence-corrected chi connectivity index (χ3v) is 7.82. The molecule has 3 nitrogen and oxygen atoms in total. The van der Waals surface area contributed by atoms with Crippen LogP contribution in [-0.2, 0) is 6.54 Å². The maximum absolute atomic E-state index is 13.6. The first-order chi connectivity index (χ1) is 15.1. The van der Waals surface area contributed by atoms with E-state index in [0.717, 1.165) is 36.5 Å². The molecule has 0 unspecified atom stereocenters. The standard InChI is InChI=1S/C26H27FN2OS/c1-18-5-2-3-6-20(18)15-28-13-12-24-23(16-28)22(19-8-10-21(27)11-9-19)17-29(24)26(30)25-7-4-14-31-25/h2-11,14,22-24H,12-13,15-17H2,1H3/t22-,23-,24-/m1/s1. The highest BCUT2D eigenvalue weighted by atomic mass is 32.1. The molecule has 2 aromatic carbocycles. The zero-order chi connectivity index (χ0) is 21.4. The van der Waals surface area contributed by atoms with Crippen LogP contribution in [0.4, 0.5) is 4.39 Å². The van der Waals surface area contributed by atoms with Crippen LogP contribution in [0.3, 0.4) is 0 Å². The molecule has 0 spiro atoms. The molecule has 0 saturated carbocycles. The van der Waals surface area contributed by atoms with Gasteiger partial charge in [-0.05, 0) is 53.6 Å². The Hall–Kier alpha value is -2.50. The van der Waals surface area contributed by atoms with Gasteiger partial charge in [0.2, 0.25) is 0 Å². The fraction of sp³-hybridized carbons (Fsp3) is 0.346. The monoisotopic (exact) mass is 434 g/mol. The summed E-state index contributed by atoms with van der Waals surface area (Å²) in [6, 6.07) is 19.5. The van der Waals surface area contributed by atoms with Crippen LogP contribution in [0.5, 0.6) is 0 Å². The van der Waals surface area contributed by atoms with Gasteiger partial charge in [0.1, 0.15) is 5.82 Å². The largest absolute Gasteiger partial charge is 0.334 e. The Morgan fingerprint density at radius 2 is 1.87 bits per heavy atom. The minimum Gasteiger partial charge on any atom is -0.334 e. The number of piperidine rings is 1. The van der Waals surface area contributed by atoms with Crippen molar-refractivity contribution >= 4 is 17.2 Å². The molecule has 1 aromatic heterocycles. The Kier molecular flexibility index (Phi) is 5.63. The van der Waals surface area contributed by atoms with Crippen molar-refractivity contribution in [3.63, 3.8) is 0 Å². The number of carbonyl (C=O) groups is 1. The van der Waals surface area contributed by atoms with Gasteiger partial charge in [-0.1, -0.05) is 42.5 Å². The molecule has 0 aliphatic carbocycles. The van der Waals surface area contributed by atoms with Crippen LogP contribution < -0.4 is 0 Å². The average molecular weight is 435 g/mol. The number of amides is 1. The van der Waals surface area contributed by atoms with E-state index in [1.165, 1.54) is 22.5 Å². The van der Waals surface area contributed by atoms with Crippen LogP contribution in [0.15, 0.2) is 66.0 Å². The maximum atomic E-state index is 13.6. The van der Waals surface area contributed by atoms with E-state index < -0.39 is 0 Å². The summed E-state index contributed by atoms with van der Waals surface area (Å²) in [7, 11) is 0. The van der Waals surface area contributed by atoms with Gasteiger partial charge in [-0.3, -0.25) is 9.69 Å². The molecule has 0 bridgehead atoms. The fourth-order valence-electron chi connectivity index (χ4n) is 5.31. The van der Waals surface area contributed by atoms with E-state index in [4.69, 9.17) is 0 Å². The lowest BCUT2D eigenvalue weighted by atomic mass is 9.81. The minimum absolute atomic E-state index is 0.141. The molecule has 2 aliphatic rings. The highest BCUT2D eigenvalue weighted by Crippen LogP contribution is 2.42. The summed E-state index contributed by atoms with van der Waals surface area (Å²) < 4.78 is 13.6. The van der Waals surface area contributed by atoms with E-state index in [-0.39, 0.29) is 23.7 Å². The van der Waals surface area contributed by atoms with Crippen LogP contribution in [-0.4, -0.2) is 41.4 Å². The summed E-state index contributed by atoms with van der Waals surface area (Å²) in [5, 5.41) is 1.96. The number of nitrogens with zero attached hydrogens (tertiary/aromatic N) is 2. The van der Waals surface area contributed by atoms with Crippen molar-refractivity contribution in [2.24, 2.45) is 5.92 Å². The van der Waals surface area contributed by atoms with E-state index in [2.05, 4.69) is 41.0 Å². The van der Waals surface area contributed by atoms with Crippen LogP contribution in [0, 0.1) is 18.7 Å². The molecule has 3 atom stereocenters. The Morgan fingerprint density at radius 1 is 1.06 bits per heavy atom. The summed E-state index contributed by atoms with van der Waals surface area (Å²) in [6.45, 7) is 5.75. The van der Waals surface area contributed by atoms with Gasteiger partial charge in [0.25, 0.3) is 5.91 Å². The molecule has 2 saturated heterocycles. The second kappa shape index (κ2) is 8.56. The summed E-state index contributed by atoms with van der Waals surface area (Å²) in [5.74, 6) is 0.512. The normalized spacial score (nSPS) is 23.7. The molecule has 0 N–H and O–H groups in total. The Morgan fingerprint density at radius 3 is 2.61 bits per heavy atom. The van der Waals surface area contributed by atoms with Gasteiger partial charge < -0.3 is 4.90 Å². The third-order valence-electron chi connectivity index (χ3n) is 6.96. The topological polar surface area (TPSA) is 23.6 Å². The third kappa shape index (κ3) is 4.04. The van der Waals surface area contributed by atoms with Crippen molar-refractivity contribution < 1.29 is 9.18 Å². The molecular weight excluding hydrogens is 407 g/mol. The quantitative estimate of drug-likeness (QED) is 0.554. The van der Waals surface area contributed by atoms with E-state index in [1.807, 2.05) is 29.6 Å². The molecule has 160 valence electrons. The highest BCUT2D eigenvalue weighted by Gasteiger charge is 2.47. The number of hydrogen-bond acceptors (Lipinski definition) is 3. The van der Waals surface area contributed by atoms with Gasteiger partial charge in [-0.25, -0.2) is 4.39 Å². The lowest BCUT2D eigenvalue weighted by molar-refractivity contribution is 0.0618. The summed E-state index contributed by atoms with van der Waals surface area (Å²) in [4.78, 5) is 18.7. The number of hydrogen-bond donors (Lipinski definition) is 0. The Bertz CT molecular complexity index is 1050. The first kappa shape index (κ1) is 20.4. The van der Waals surface area contributed by atoms with Gasteiger partial charge in [0.05, 0.1) is 4.88 Å². The SMILES string of the molecule is Cc1ccccc1CN1CC[C@@H]2[C@H](C1)[C@@H](c1ccc(F)cc1)CN2C(=O)c1cccs1. The molecule has 5 heteroatoms. The van der Waals surface area contributed by atoms with Crippen molar-refractivity contribution in [1.29, 1.82) is 0 Å². The Labute approximate surface area is 187 Å². The van der Waals surface area contributed by atoms with Crippen molar-refractivity contribution in [3.05, 3.63) is 93.4 Å². The number of thiophene rings is 1. The van der Waals surface area contributed by atoms with Crippen molar-refractivity contribution in [2.75, 3.05) is 19.6 Å². The predicted octanol–water partition coefficient (Wildman–Crippen LogP) is 5.33. The van der Waals surface area contributed by atoms with E-state index in [0.29, 0.717) is 12.5 Å². The van der Waals surface area contributed by atoms with Gasteiger partial charge in [-0.2, -0.15) is 0 Å². The van der Waals surface area contributed by atoms with Gasteiger partial charge in [0.15, 0.2) is 0 Å². The molecule has 3 aromatic rings.